The molecule has 90 valence electrons. The van der Waals surface area contributed by atoms with E-state index >= 15 is 0 Å². The maximum Gasteiger partial charge on any atom is 0.0417 e. The fourth-order valence-electron chi connectivity index (χ4n) is 1.34. The van der Waals surface area contributed by atoms with Crippen LogP contribution in [0.4, 0.5) is 0 Å². The summed E-state index contributed by atoms with van der Waals surface area (Å²) in [6.07, 6.45) is 0.921. The summed E-state index contributed by atoms with van der Waals surface area (Å²) in [6, 6.07) is 6.08. The standard InChI is InChI=1S/C13H20ClNS/c1-9(2)10(3)16-13-8-12(14)5-4-11(13)6-7-15/h4-5,8-10H,6-7,15H2,1-3H3. The number of hydrogen-bond acceptors (Lipinski definition) is 2. The van der Waals surface area contributed by atoms with Crippen LogP contribution in [0.5, 0.6) is 0 Å². The number of halogens is 1. The molecule has 1 atom stereocenters. The zero-order valence-corrected chi connectivity index (χ0v) is 11.7. The van der Waals surface area contributed by atoms with Crippen LogP contribution >= 0.6 is 23.4 Å². The van der Waals surface area contributed by atoms with Gasteiger partial charge < -0.3 is 5.73 Å². The molecule has 0 aliphatic rings. The second-order valence-electron chi connectivity index (χ2n) is 4.36. The molecule has 1 rings (SSSR count). The molecule has 0 radical (unpaired) electrons. The van der Waals surface area contributed by atoms with Crippen molar-refractivity contribution in [1.29, 1.82) is 0 Å². The van der Waals surface area contributed by atoms with Crippen LogP contribution in [-0.2, 0) is 6.42 Å². The predicted octanol–water partition coefficient (Wildman–Crippen LogP) is 3.98. The van der Waals surface area contributed by atoms with Gasteiger partial charge in [-0.25, -0.2) is 0 Å². The fourth-order valence-corrected chi connectivity index (χ4v) is 2.76. The van der Waals surface area contributed by atoms with Gasteiger partial charge in [-0.15, -0.1) is 11.8 Å². The number of nitrogens with two attached hydrogens (primary N) is 1. The number of rotatable bonds is 5. The quantitative estimate of drug-likeness (QED) is 0.808. The minimum absolute atomic E-state index is 0.593. The van der Waals surface area contributed by atoms with E-state index < -0.39 is 0 Å². The lowest BCUT2D eigenvalue weighted by Gasteiger charge is -2.17. The van der Waals surface area contributed by atoms with Gasteiger partial charge in [0.15, 0.2) is 0 Å². The van der Waals surface area contributed by atoms with Crippen molar-refractivity contribution in [2.24, 2.45) is 11.7 Å². The van der Waals surface area contributed by atoms with Gasteiger partial charge in [0.05, 0.1) is 0 Å². The highest BCUT2D eigenvalue weighted by Gasteiger charge is 2.11. The normalized spacial score (nSPS) is 13.1. The highest BCUT2D eigenvalue weighted by Crippen LogP contribution is 2.32. The Labute approximate surface area is 108 Å². The van der Waals surface area contributed by atoms with Crippen LogP contribution in [0, 0.1) is 5.92 Å². The fraction of sp³-hybridized carbons (Fsp3) is 0.538. The van der Waals surface area contributed by atoms with Crippen LogP contribution in [0.15, 0.2) is 23.1 Å². The topological polar surface area (TPSA) is 26.0 Å². The summed E-state index contributed by atoms with van der Waals surface area (Å²) in [7, 11) is 0. The van der Waals surface area contributed by atoms with Gasteiger partial charge in [0.25, 0.3) is 0 Å². The van der Waals surface area contributed by atoms with Crippen LogP contribution in [0.25, 0.3) is 0 Å². The van der Waals surface area contributed by atoms with Crippen molar-refractivity contribution in [3.8, 4) is 0 Å². The zero-order valence-electron chi connectivity index (χ0n) is 10.2. The summed E-state index contributed by atoms with van der Waals surface area (Å²) in [5.41, 5.74) is 6.93. The first-order valence-electron chi connectivity index (χ1n) is 5.69. The third-order valence-corrected chi connectivity index (χ3v) is 4.48. The minimum atomic E-state index is 0.593. The van der Waals surface area contributed by atoms with Gasteiger partial charge in [-0.1, -0.05) is 38.4 Å². The first kappa shape index (κ1) is 13.9. The Balaban J connectivity index is 2.87. The lowest BCUT2D eigenvalue weighted by Crippen LogP contribution is -2.08. The highest BCUT2D eigenvalue weighted by molar-refractivity contribution is 8.00. The molecule has 1 unspecified atom stereocenters. The maximum atomic E-state index is 6.04. The molecule has 3 heteroatoms. The monoisotopic (exact) mass is 257 g/mol. The Hall–Kier alpha value is -0.180. The first-order valence-corrected chi connectivity index (χ1v) is 6.95. The third kappa shape index (κ3) is 4.00. The van der Waals surface area contributed by atoms with E-state index in [0.29, 0.717) is 17.7 Å². The van der Waals surface area contributed by atoms with E-state index in [2.05, 4.69) is 32.9 Å². The predicted molar refractivity (Wildman–Crippen MR) is 74.4 cm³/mol. The van der Waals surface area contributed by atoms with Crippen LogP contribution in [0.3, 0.4) is 0 Å². The van der Waals surface area contributed by atoms with Crippen molar-refractivity contribution in [3.05, 3.63) is 28.8 Å². The molecule has 0 aliphatic heterocycles. The van der Waals surface area contributed by atoms with Crippen LogP contribution in [-0.4, -0.2) is 11.8 Å². The highest BCUT2D eigenvalue weighted by atomic mass is 35.5. The molecule has 0 saturated carbocycles. The number of hydrogen-bond donors (Lipinski definition) is 1. The van der Waals surface area contributed by atoms with Crippen molar-refractivity contribution in [2.45, 2.75) is 37.3 Å². The summed E-state index contributed by atoms with van der Waals surface area (Å²) < 4.78 is 0. The van der Waals surface area contributed by atoms with Gasteiger partial charge >= 0.3 is 0 Å². The molecule has 1 nitrogen and oxygen atoms in total. The Morgan fingerprint density at radius 2 is 2.00 bits per heavy atom. The minimum Gasteiger partial charge on any atom is -0.330 e. The van der Waals surface area contributed by atoms with E-state index in [9.17, 15) is 0 Å². The van der Waals surface area contributed by atoms with Crippen molar-refractivity contribution < 1.29 is 0 Å². The molecule has 0 aromatic heterocycles. The molecular weight excluding hydrogens is 238 g/mol. The molecular formula is C13H20ClNS. The summed E-state index contributed by atoms with van der Waals surface area (Å²) in [4.78, 5) is 1.28. The number of thioether (sulfide) groups is 1. The molecule has 2 N–H and O–H groups in total. The summed E-state index contributed by atoms with van der Waals surface area (Å²) >= 11 is 7.93. The molecule has 0 heterocycles. The smallest absolute Gasteiger partial charge is 0.0417 e. The van der Waals surface area contributed by atoms with Gasteiger partial charge in [-0.05, 0) is 36.6 Å². The van der Waals surface area contributed by atoms with E-state index in [1.54, 1.807) is 0 Å². The van der Waals surface area contributed by atoms with Crippen LogP contribution in [0.2, 0.25) is 5.02 Å². The molecule has 1 aromatic rings. The third-order valence-electron chi connectivity index (χ3n) is 2.69. The Kier molecular flexibility index (Phi) is 5.67. The SMILES string of the molecule is CC(C)C(C)Sc1cc(Cl)ccc1CCN. The summed E-state index contributed by atoms with van der Waals surface area (Å²) in [5, 5.41) is 1.40. The second kappa shape index (κ2) is 6.53. The van der Waals surface area contributed by atoms with Gasteiger partial charge in [0.2, 0.25) is 0 Å². The molecule has 16 heavy (non-hydrogen) atoms. The Morgan fingerprint density at radius 3 is 2.56 bits per heavy atom. The van der Waals surface area contributed by atoms with E-state index in [1.807, 2.05) is 17.8 Å². The lowest BCUT2D eigenvalue weighted by atomic mass is 10.1. The van der Waals surface area contributed by atoms with Crippen molar-refractivity contribution in [1.82, 2.24) is 0 Å². The number of benzene rings is 1. The molecule has 0 amide bonds. The molecule has 0 fully saturated rings. The maximum absolute atomic E-state index is 6.04. The van der Waals surface area contributed by atoms with Crippen molar-refractivity contribution >= 4 is 23.4 Å². The molecule has 0 saturated heterocycles. The van der Waals surface area contributed by atoms with Gasteiger partial charge in [-0.3, -0.25) is 0 Å². The van der Waals surface area contributed by atoms with Crippen LogP contribution < -0.4 is 5.73 Å². The first-order chi connectivity index (χ1) is 7.54. The average Bonchev–Trinajstić information content (AvgIpc) is 2.22. The Bertz CT molecular complexity index is 339. The van der Waals surface area contributed by atoms with E-state index in [1.165, 1.54) is 10.5 Å². The average molecular weight is 258 g/mol. The van der Waals surface area contributed by atoms with Gasteiger partial charge in [0, 0.05) is 15.2 Å². The Morgan fingerprint density at radius 1 is 1.31 bits per heavy atom. The van der Waals surface area contributed by atoms with Crippen molar-refractivity contribution in [3.63, 3.8) is 0 Å². The largest absolute Gasteiger partial charge is 0.330 e. The van der Waals surface area contributed by atoms with Gasteiger partial charge in [0.1, 0.15) is 0 Å². The van der Waals surface area contributed by atoms with E-state index in [0.717, 1.165) is 11.4 Å². The van der Waals surface area contributed by atoms with Crippen LogP contribution in [0.1, 0.15) is 26.3 Å². The summed E-state index contributed by atoms with van der Waals surface area (Å²) in [6.45, 7) is 7.42. The van der Waals surface area contributed by atoms with Crippen molar-refractivity contribution in [2.75, 3.05) is 6.54 Å². The molecule has 0 spiro atoms. The second-order valence-corrected chi connectivity index (χ2v) is 6.21. The zero-order chi connectivity index (χ0) is 12.1. The molecule has 1 aromatic carbocycles. The molecule has 0 bridgehead atoms. The summed E-state index contributed by atoms with van der Waals surface area (Å²) in [5.74, 6) is 0.662. The lowest BCUT2D eigenvalue weighted by molar-refractivity contribution is 0.642. The van der Waals surface area contributed by atoms with E-state index in [4.69, 9.17) is 17.3 Å². The van der Waals surface area contributed by atoms with E-state index in [-0.39, 0.29) is 0 Å². The van der Waals surface area contributed by atoms with Gasteiger partial charge in [-0.2, -0.15) is 0 Å². The molecule has 0 aliphatic carbocycles.